The molecule has 1 heterocycles. The van der Waals surface area contributed by atoms with Crippen molar-refractivity contribution in [2.24, 2.45) is 4.99 Å². The number of anilines is 1. The summed E-state index contributed by atoms with van der Waals surface area (Å²) < 4.78 is 36.1. The summed E-state index contributed by atoms with van der Waals surface area (Å²) in [5, 5.41) is 9.24. The Labute approximate surface area is 159 Å². The number of aliphatic imine (C=N–C) groups is 1. The fraction of sp³-hybridized carbons (Fsp3) is 0.500. The Balaban J connectivity index is 0.00000484. The highest BCUT2D eigenvalue weighted by Crippen LogP contribution is 2.22. The van der Waals surface area contributed by atoms with Crippen LogP contribution in [-0.4, -0.2) is 43.8 Å². The number of aromatic nitrogens is 1. The van der Waals surface area contributed by atoms with E-state index in [0.29, 0.717) is 34.9 Å². The van der Waals surface area contributed by atoms with Crippen molar-refractivity contribution in [1.29, 1.82) is 0 Å². The van der Waals surface area contributed by atoms with E-state index in [2.05, 4.69) is 25.9 Å². The molecule has 0 radical (unpaired) electrons. The molecular formula is C12H17Cl2F3IN5. The van der Waals surface area contributed by atoms with Gasteiger partial charge < -0.3 is 16.0 Å². The van der Waals surface area contributed by atoms with Crippen molar-refractivity contribution >= 4 is 59.0 Å². The van der Waals surface area contributed by atoms with Gasteiger partial charge in [0.15, 0.2) is 5.96 Å². The predicted octanol–water partition coefficient (Wildman–Crippen LogP) is 3.54. The Bertz CT molecular complexity index is 514. The quantitative estimate of drug-likeness (QED) is 0.249. The number of alkyl halides is 3. The number of halogens is 6. The third-order valence-electron chi connectivity index (χ3n) is 2.44. The van der Waals surface area contributed by atoms with Crippen LogP contribution in [0.1, 0.15) is 6.42 Å². The van der Waals surface area contributed by atoms with Crippen LogP contribution in [0.3, 0.4) is 0 Å². The normalized spacial score (nSPS) is 11.7. The Morgan fingerprint density at radius 2 is 1.87 bits per heavy atom. The lowest BCUT2D eigenvalue weighted by Crippen LogP contribution is -2.40. The molecule has 0 atom stereocenters. The molecule has 5 nitrogen and oxygen atoms in total. The van der Waals surface area contributed by atoms with Crippen LogP contribution < -0.4 is 16.0 Å². The minimum Gasteiger partial charge on any atom is -0.367 e. The molecule has 0 spiro atoms. The molecule has 132 valence electrons. The van der Waals surface area contributed by atoms with Gasteiger partial charge in [-0.1, -0.05) is 23.2 Å². The lowest BCUT2D eigenvalue weighted by Gasteiger charge is -2.13. The van der Waals surface area contributed by atoms with Gasteiger partial charge in [-0.2, -0.15) is 13.2 Å². The largest absolute Gasteiger partial charge is 0.390 e. The molecule has 1 rings (SSSR count). The summed E-state index contributed by atoms with van der Waals surface area (Å²) in [6.45, 7) is 0.641. The average Bonchev–Trinajstić information content (AvgIpc) is 2.42. The van der Waals surface area contributed by atoms with E-state index in [9.17, 15) is 13.2 Å². The molecule has 11 heteroatoms. The molecule has 23 heavy (non-hydrogen) atoms. The van der Waals surface area contributed by atoms with Crippen molar-refractivity contribution in [2.45, 2.75) is 12.6 Å². The van der Waals surface area contributed by atoms with E-state index >= 15 is 0 Å². The van der Waals surface area contributed by atoms with Gasteiger partial charge in [-0.25, -0.2) is 4.98 Å². The smallest absolute Gasteiger partial charge is 0.367 e. The number of pyridine rings is 1. The highest BCUT2D eigenvalue weighted by Gasteiger charge is 2.26. The van der Waals surface area contributed by atoms with Crippen molar-refractivity contribution in [3.8, 4) is 0 Å². The van der Waals surface area contributed by atoms with Crippen LogP contribution in [0.4, 0.5) is 19.0 Å². The molecule has 0 aliphatic heterocycles. The van der Waals surface area contributed by atoms with Crippen LogP contribution in [0.2, 0.25) is 10.0 Å². The van der Waals surface area contributed by atoms with Crippen molar-refractivity contribution < 1.29 is 13.2 Å². The van der Waals surface area contributed by atoms with Gasteiger partial charge in [-0.3, -0.25) is 4.99 Å². The zero-order chi connectivity index (χ0) is 16.6. The number of nitrogens with zero attached hydrogens (tertiary/aromatic N) is 2. The summed E-state index contributed by atoms with van der Waals surface area (Å²) in [6, 6.07) is 1.56. The van der Waals surface area contributed by atoms with Crippen LogP contribution in [0.15, 0.2) is 17.3 Å². The van der Waals surface area contributed by atoms with Gasteiger partial charge in [-0.15, -0.1) is 24.0 Å². The topological polar surface area (TPSA) is 61.3 Å². The van der Waals surface area contributed by atoms with E-state index in [-0.39, 0.29) is 30.5 Å². The molecule has 0 aliphatic carbocycles. The first-order valence-corrected chi connectivity index (χ1v) is 7.13. The number of rotatable bonds is 6. The minimum atomic E-state index is -4.19. The highest BCUT2D eigenvalue weighted by molar-refractivity contribution is 14.0. The second-order valence-electron chi connectivity index (χ2n) is 4.20. The summed E-state index contributed by atoms with van der Waals surface area (Å²) in [4.78, 5) is 7.84. The molecule has 1 aromatic heterocycles. The van der Waals surface area contributed by atoms with E-state index in [1.54, 1.807) is 6.07 Å². The van der Waals surface area contributed by atoms with Gasteiger partial charge >= 0.3 is 6.18 Å². The SMILES string of the molecule is CN=C(NCCNc1ncc(Cl)cc1Cl)NCCC(F)(F)F.I. The lowest BCUT2D eigenvalue weighted by molar-refractivity contribution is -0.132. The Kier molecular flexibility index (Phi) is 10.7. The standard InChI is InChI=1S/C12H16Cl2F3N5.HI/c1-18-11(20-3-2-12(15,16)17)21-5-4-19-10-9(14)6-8(13)7-22-10;/h6-7H,2-5H2,1H3,(H,19,22)(H2,18,20,21);1H. The number of nitrogens with one attached hydrogen (secondary N) is 3. The van der Waals surface area contributed by atoms with Gasteiger partial charge in [0.05, 0.1) is 16.5 Å². The van der Waals surface area contributed by atoms with Crippen LogP contribution in [0.5, 0.6) is 0 Å². The number of guanidine groups is 1. The summed E-state index contributed by atoms with van der Waals surface area (Å²) in [7, 11) is 1.48. The van der Waals surface area contributed by atoms with Gasteiger partial charge in [0, 0.05) is 32.9 Å². The van der Waals surface area contributed by atoms with Gasteiger partial charge in [-0.05, 0) is 6.07 Å². The maximum Gasteiger partial charge on any atom is 0.390 e. The number of hydrogen-bond acceptors (Lipinski definition) is 3. The van der Waals surface area contributed by atoms with Crippen molar-refractivity contribution in [3.05, 3.63) is 22.3 Å². The maximum atomic E-state index is 12.0. The van der Waals surface area contributed by atoms with Crippen molar-refractivity contribution in [2.75, 3.05) is 32.0 Å². The molecule has 0 aliphatic rings. The Morgan fingerprint density at radius 3 is 2.43 bits per heavy atom. The van der Waals surface area contributed by atoms with Crippen LogP contribution in [0, 0.1) is 0 Å². The third-order valence-corrected chi connectivity index (χ3v) is 2.94. The lowest BCUT2D eigenvalue weighted by atomic mass is 10.4. The molecule has 0 saturated carbocycles. The Hall–Kier alpha value is -0.680. The van der Waals surface area contributed by atoms with E-state index in [4.69, 9.17) is 23.2 Å². The Morgan fingerprint density at radius 1 is 1.22 bits per heavy atom. The van der Waals surface area contributed by atoms with Gasteiger partial charge in [0.2, 0.25) is 0 Å². The fourth-order valence-corrected chi connectivity index (χ4v) is 1.90. The first kappa shape index (κ1) is 22.3. The van der Waals surface area contributed by atoms with Crippen LogP contribution >= 0.6 is 47.2 Å². The first-order valence-electron chi connectivity index (χ1n) is 6.38. The molecule has 0 amide bonds. The molecular weight excluding hydrogens is 469 g/mol. The second kappa shape index (κ2) is 11.0. The molecule has 0 aromatic carbocycles. The summed E-state index contributed by atoms with van der Waals surface area (Å²) in [6.07, 6.45) is -3.65. The van der Waals surface area contributed by atoms with Gasteiger partial charge in [0.25, 0.3) is 0 Å². The molecule has 0 saturated heterocycles. The predicted molar refractivity (Wildman–Crippen MR) is 98.2 cm³/mol. The second-order valence-corrected chi connectivity index (χ2v) is 5.05. The zero-order valence-electron chi connectivity index (χ0n) is 12.2. The first-order chi connectivity index (χ1) is 10.3. The van der Waals surface area contributed by atoms with Crippen molar-refractivity contribution in [3.63, 3.8) is 0 Å². The molecule has 0 bridgehead atoms. The minimum absolute atomic E-state index is 0. The van der Waals surface area contributed by atoms with E-state index < -0.39 is 12.6 Å². The average molecular weight is 486 g/mol. The van der Waals surface area contributed by atoms with E-state index in [1.807, 2.05) is 0 Å². The van der Waals surface area contributed by atoms with Crippen LogP contribution in [-0.2, 0) is 0 Å². The summed E-state index contributed by atoms with van der Waals surface area (Å²) >= 11 is 11.7. The van der Waals surface area contributed by atoms with Crippen molar-refractivity contribution in [1.82, 2.24) is 15.6 Å². The van der Waals surface area contributed by atoms with E-state index in [0.717, 1.165) is 0 Å². The molecule has 1 aromatic rings. The maximum absolute atomic E-state index is 12.0. The monoisotopic (exact) mass is 485 g/mol. The summed E-state index contributed by atoms with van der Waals surface area (Å²) in [5.41, 5.74) is 0. The number of hydrogen-bond donors (Lipinski definition) is 3. The molecule has 0 unspecified atom stereocenters. The summed E-state index contributed by atoms with van der Waals surface area (Å²) in [5.74, 6) is 0.772. The zero-order valence-corrected chi connectivity index (χ0v) is 16.0. The van der Waals surface area contributed by atoms with Gasteiger partial charge in [0.1, 0.15) is 5.82 Å². The fourth-order valence-electron chi connectivity index (χ4n) is 1.45. The molecule has 0 fully saturated rings. The highest BCUT2D eigenvalue weighted by atomic mass is 127. The van der Waals surface area contributed by atoms with Crippen LogP contribution in [0.25, 0.3) is 0 Å². The van der Waals surface area contributed by atoms with E-state index in [1.165, 1.54) is 13.2 Å². The molecule has 3 N–H and O–H groups in total. The third kappa shape index (κ3) is 9.92.